The van der Waals surface area contributed by atoms with Crippen molar-refractivity contribution in [2.24, 2.45) is 0 Å². The van der Waals surface area contributed by atoms with Crippen LogP contribution in [0.2, 0.25) is 0 Å². The lowest BCUT2D eigenvalue weighted by Gasteiger charge is -2.10. The van der Waals surface area contributed by atoms with Crippen LogP contribution >= 0.6 is 11.3 Å². The van der Waals surface area contributed by atoms with Crippen molar-refractivity contribution in [3.63, 3.8) is 0 Å². The number of carbonyl (C=O) groups is 1. The lowest BCUT2D eigenvalue weighted by Crippen LogP contribution is -2.17. The summed E-state index contributed by atoms with van der Waals surface area (Å²) in [7, 11) is 1.57. The summed E-state index contributed by atoms with van der Waals surface area (Å²) in [6, 6.07) is 15.8. The molecule has 0 bridgehead atoms. The molecule has 0 aliphatic rings. The Bertz CT molecular complexity index is 1180. The van der Waals surface area contributed by atoms with Crippen LogP contribution < -0.4 is 10.1 Å². The number of rotatable bonds is 8. The third-order valence-corrected chi connectivity index (χ3v) is 5.87. The molecule has 0 saturated heterocycles. The van der Waals surface area contributed by atoms with Crippen LogP contribution in [0.1, 0.15) is 26.5 Å². The Labute approximate surface area is 177 Å². The standard InChI is InChI=1S/C23H21FN2O3S/c1-29-17-7-8-19-20(13-25-12-18-6-3-9-30-18)22(23(27)28)26(21(19)11-17)14-15-4-2-5-16(24)10-15/h2-11,25H,12-14H2,1H3,(H,27,28). The molecule has 0 radical (unpaired) electrons. The van der Waals surface area contributed by atoms with E-state index >= 15 is 0 Å². The van der Waals surface area contributed by atoms with Gasteiger partial charge in [0.25, 0.3) is 0 Å². The number of carboxylic acids is 1. The van der Waals surface area contributed by atoms with Crippen LogP contribution in [0.5, 0.6) is 5.75 Å². The molecule has 0 aliphatic carbocycles. The second kappa shape index (κ2) is 8.69. The highest BCUT2D eigenvalue weighted by Gasteiger charge is 2.23. The molecule has 4 rings (SSSR count). The third-order valence-electron chi connectivity index (χ3n) is 4.99. The number of carboxylic acid groups (broad SMARTS) is 1. The highest BCUT2D eigenvalue weighted by Crippen LogP contribution is 2.31. The van der Waals surface area contributed by atoms with Crippen LogP contribution in [-0.4, -0.2) is 22.8 Å². The Hall–Kier alpha value is -3.16. The van der Waals surface area contributed by atoms with Gasteiger partial charge in [-0.15, -0.1) is 11.3 Å². The predicted molar refractivity (Wildman–Crippen MR) is 116 cm³/mol. The Morgan fingerprint density at radius 3 is 2.73 bits per heavy atom. The lowest BCUT2D eigenvalue weighted by atomic mass is 10.1. The van der Waals surface area contributed by atoms with Gasteiger partial charge in [-0.05, 0) is 41.3 Å². The van der Waals surface area contributed by atoms with Crippen LogP contribution in [0.4, 0.5) is 4.39 Å². The van der Waals surface area contributed by atoms with Crippen molar-refractivity contribution in [2.75, 3.05) is 7.11 Å². The quantitative estimate of drug-likeness (QED) is 0.423. The van der Waals surface area contributed by atoms with E-state index in [0.29, 0.717) is 30.0 Å². The first kappa shape index (κ1) is 20.1. The highest BCUT2D eigenvalue weighted by atomic mass is 32.1. The van der Waals surface area contributed by atoms with Crippen molar-refractivity contribution in [3.05, 3.63) is 87.5 Å². The smallest absolute Gasteiger partial charge is 0.352 e. The molecule has 0 spiro atoms. The summed E-state index contributed by atoms with van der Waals surface area (Å²) in [4.78, 5) is 13.4. The third kappa shape index (κ3) is 4.08. The predicted octanol–water partition coefficient (Wildman–Crippen LogP) is 4.89. The van der Waals surface area contributed by atoms with Gasteiger partial charge in [0.1, 0.15) is 17.3 Å². The van der Waals surface area contributed by atoms with Gasteiger partial charge in [0.2, 0.25) is 0 Å². The number of fused-ring (bicyclic) bond motifs is 1. The first-order chi connectivity index (χ1) is 14.6. The van der Waals surface area contributed by atoms with E-state index in [9.17, 15) is 14.3 Å². The van der Waals surface area contributed by atoms with E-state index in [1.165, 1.54) is 17.0 Å². The van der Waals surface area contributed by atoms with Gasteiger partial charge in [-0.25, -0.2) is 9.18 Å². The molecule has 0 fully saturated rings. The first-order valence-corrected chi connectivity index (χ1v) is 10.3. The monoisotopic (exact) mass is 424 g/mol. The SMILES string of the molecule is COc1ccc2c(CNCc3cccs3)c(C(=O)O)n(Cc3cccc(F)c3)c2c1. The van der Waals surface area contributed by atoms with Crippen LogP contribution in [0.25, 0.3) is 10.9 Å². The van der Waals surface area contributed by atoms with E-state index in [1.54, 1.807) is 35.1 Å². The largest absolute Gasteiger partial charge is 0.497 e. The molecule has 154 valence electrons. The molecule has 2 heterocycles. The fraction of sp³-hybridized carbons (Fsp3) is 0.174. The summed E-state index contributed by atoms with van der Waals surface area (Å²) in [5, 5.41) is 16.2. The summed E-state index contributed by atoms with van der Waals surface area (Å²) in [5.74, 6) is -0.735. The minimum atomic E-state index is -1.02. The maximum Gasteiger partial charge on any atom is 0.352 e. The van der Waals surface area contributed by atoms with Crippen molar-refractivity contribution in [2.45, 2.75) is 19.6 Å². The molecule has 2 N–H and O–H groups in total. The number of nitrogens with zero attached hydrogens (tertiary/aromatic N) is 1. The number of thiophene rings is 1. The molecule has 0 unspecified atom stereocenters. The molecule has 2 aromatic heterocycles. The van der Waals surface area contributed by atoms with E-state index in [1.807, 2.05) is 35.7 Å². The van der Waals surface area contributed by atoms with Gasteiger partial charge in [0, 0.05) is 41.5 Å². The Balaban J connectivity index is 1.78. The van der Waals surface area contributed by atoms with Gasteiger partial charge in [0.15, 0.2) is 0 Å². The van der Waals surface area contributed by atoms with E-state index in [0.717, 1.165) is 10.9 Å². The fourth-order valence-electron chi connectivity index (χ4n) is 3.66. The molecule has 0 atom stereocenters. The summed E-state index contributed by atoms with van der Waals surface area (Å²) in [5.41, 5.74) is 2.33. The number of nitrogens with one attached hydrogen (secondary N) is 1. The van der Waals surface area contributed by atoms with Gasteiger partial charge < -0.3 is 19.7 Å². The van der Waals surface area contributed by atoms with Crippen LogP contribution in [-0.2, 0) is 19.6 Å². The van der Waals surface area contributed by atoms with Crippen LogP contribution in [0, 0.1) is 5.82 Å². The zero-order valence-electron chi connectivity index (χ0n) is 16.4. The summed E-state index contributed by atoms with van der Waals surface area (Å²) in [6.45, 7) is 1.30. The minimum absolute atomic E-state index is 0.196. The van der Waals surface area contributed by atoms with Gasteiger partial charge in [0.05, 0.1) is 12.6 Å². The summed E-state index contributed by atoms with van der Waals surface area (Å²) >= 11 is 1.65. The molecule has 5 nitrogen and oxygen atoms in total. The second-order valence-corrected chi connectivity index (χ2v) is 7.95. The number of benzene rings is 2. The van der Waals surface area contributed by atoms with E-state index in [-0.39, 0.29) is 18.1 Å². The topological polar surface area (TPSA) is 63.5 Å². The maximum atomic E-state index is 13.7. The molecule has 0 aliphatic heterocycles. The number of hydrogen-bond acceptors (Lipinski definition) is 4. The van der Waals surface area contributed by atoms with Crippen molar-refractivity contribution in [3.8, 4) is 5.75 Å². The van der Waals surface area contributed by atoms with Gasteiger partial charge in [-0.1, -0.05) is 18.2 Å². The molecule has 2 aromatic carbocycles. The van der Waals surface area contributed by atoms with E-state index in [2.05, 4.69) is 5.32 Å². The Morgan fingerprint density at radius 2 is 2.03 bits per heavy atom. The molecular formula is C23H21FN2O3S. The summed E-state index contributed by atoms with van der Waals surface area (Å²) < 4.78 is 20.8. The normalized spacial score (nSPS) is 11.1. The van der Waals surface area contributed by atoms with E-state index < -0.39 is 5.97 Å². The number of aromatic nitrogens is 1. The lowest BCUT2D eigenvalue weighted by molar-refractivity contribution is 0.0684. The van der Waals surface area contributed by atoms with Crippen molar-refractivity contribution in [1.82, 2.24) is 9.88 Å². The zero-order valence-corrected chi connectivity index (χ0v) is 17.2. The maximum absolute atomic E-state index is 13.7. The molecule has 0 saturated carbocycles. The van der Waals surface area contributed by atoms with Gasteiger partial charge in [-0.3, -0.25) is 0 Å². The Kier molecular flexibility index (Phi) is 5.83. The fourth-order valence-corrected chi connectivity index (χ4v) is 4.33. The van der Waals surface area contributed by atoms with Crippen LogP contribution in [0.3, 0.4) is 0 Å². The van der Waals surface area contributed by atoms with Crippen molar-refractivity contribution in [1.29, 1.82) is 0 Å². The number of halogens is 1. The van der Waals surface area contributed by atoms with E-state index in [4.69, 9.17) is 4.74 Å². The molecule has 4 aromatic rings. The molecule has 0 amide bonds. The molecular weight excluding hydrogens is 403 g/mol. The van der Waals surface area contributed by atoms with Gasteiger partial charge >= 0.3 is 5.97 Å². The number of methoxy groups -OCH3 is 1. The average Bonchev–Trinajstić information content (AvgIpc) is 3.34. The zero-order chi connectivity index (χ0) is 21.1. The highest BCUT2D eigenvalue weighted by molar-refractivity contribution is 7.09. The average molecular weight is 424 g/mol. The number of hydrogen-bond donors (Lipinski definition) is 2. The Morgan fingerprint density at radius 1 is 1.17 bits per heavy atom. The molecule has 7 heteroatoms. The van der Waals surface area contributed by atoms with Crippen molar-refractivity contribution >= 4 is 28.2 Å². The molecule has 30 heavy (non-hydrogen) atoms. The second-order valence-electron chi connectivity index (χ2n) is 6.91. The first-order valence-electron chi connectivity index (χ1n) is 9.46. The minimum Gasteiger partial charge on any atom is -0.497 e. The van der Waals surface area contributed by atoms with Crippen LogP contribution in [0.15, 0.2) is 60.0 Å². The van der Waals surface area contributed by atoms with Crippen molar-refractivity contribution < 1.29 is 19.0 Å². The number of ether oxygens (including phenoxy) is 1. The summed E-state index contributed by atoms with van der Waals surface area (Å²) in [6.07, 6.45) is 0. The van der Waals surface area contributed by atoms with Gasteiger partial charge in [-0.2, -0.15) is 0 Å². The number of aromatic carboxylic acids is 1.